The number of aromatic nitrogens is 1. The molecule has 0 radical (unpaired) electrons. The number of pyridine rings is 1. The number of H-pyrrole nitrogens is 1. The van der Waals surface area contributed by atoms with Crippen molar-refractivity contribution in [2.75, 3.05) is 12.4 Å². The number of fused-ring (bicyclic) bond motifs is 2. The molecule has 0 fully saturated rings. The lowest BCUT2D eigenvalue weighted by Crippen LogP contribution is -2.41. The first-order valence-corrected chi connectivity index (χ1v) is 8.98. The van der Waals surface area contributed by atoms with E-state index in [0.717, 1.165) is 23.4 Å². The Labute approximate surface area is 160 Å². The second-order valence-electron chi connectivity index (χ2n) is 7.07. The van der Waals surface area contributed by atoms with E-state index in [9.17, 15) is 18.4 Å². The van der Waals surface area contributed by atoms with Crippen molar-refractivity contribution in [3.8, 4) is 0 Å². The molecular formula is C21H19F2N3O2. The molecule has 0 saturated heterocycles. The van der Waals surface area contributed by atoms with Gasteiger partial charge in [-0.25, -0.2) is 8.78 Å². The van der Waals surface area contributed by atoms with Gasteiger partial charge in [-0.05, 0) is 41.6 Å². The van der Waals surface area contributed by atoms with Crippen LogP contribution >= 0.6 is 0 Å². The lowest BCUT2D eigenvalue weighted by atomic mass is 10.0. The molecule has 3 aromatic rings. The maximum absolute atomic E-state index is 13.8. The molecular weight excluding hydrogens is 364 g/mol. The molecule has 2 heterocycles. The zero-order valence-electron chi connectivity index (χ0n) is 15.4. The first-order valence-electron chi connectivity index (χ1n) is 8.98. The van der Waals surface area contributed by atoms with Crippen LogP contribution in [0.3, 0.4) is 0 Å². The van der Waals surface area contributed by atoms with Crippen molar-refractivity contribution in [2.45, 2.75) is 25.4 Å². The van der Waals surface area contributed by atoms with Crippen molar-refractivity contribution < 1.29 is 13.6 Å². The third-order valence-corrected chi connectivity index (χ3v) is 5.42. The molecule has 144 valence electrons. The summed E-state index contributed by atoms with van der Waals surface area (Å²) in [5, 5.41) is 3.57. The van der Waals surface area contributed by atoms with Crippen LogP contribution in [0.15, 0.2) is 47.4 Å². The van der Waals surface area contributed by atoms with E-state index in [0.29, 0.717) is 12.0 Å². The first-order chi connectivity index (χ1) is 13.4. The summed E-state index contributed by atoms with van der Waals surface area (Å²) in [6.45, 7) is 1.79. The third kappa shape index (κ3) is 2.93. The largest absolute Gasteiger partial charge is 0.373 e. The molecule has 1 aliphatic heterocycles. The second kappa shape index (κ2) is 6.74. The molecule has 7 heteroatoms. The van der Waals surface area contributed by atoms with Crippen molar-refractivity contribution in [3.63, 3.8) is 0 Å². The number of rotatable bonds is 3. The number of anilines is 1. The van der Waals surface area contributed by atoms with E-state index in [4.69, 9.17) is 0 Å². The maximum atomic E-state index is 13.8. The molecule has 28 heavy (non-hydrogen) atoms. The van der Waals surface area contributed by atoms with Crippen LogP contribution in [0.4, 0.5) is 14.5 Å². The van der Waals surface area contributed by atoms with E-state index >= 15 is 0 Å². The molecule has 0 aliphatic carbocycles. The average Bonchev–Trinajstić information content (AvgIpc) is 3.12. The second-order valence-corrected chi connectivity index (χ2v) is 7.07. The summed E-state index contributed by atoms with van der Waals surface area (Å²) >= 11 is 0. The fourth-order valence-electron chi connectivity index (χ4n) is 3.71. The molecule has 0 bridgehead atoms. The molecule has 2 atom stereocenters. The quantitative estimate of drug-likeness (QED) is 0.729. The number of hydrogen-bond donors (Lipinski definition) is 2. The Morgan fingerprint density at radius 3 is 2.57 bits per heavy atom. The lowest BCUT2D eigenvalue weighted by Gasteiger charge is -2.28. The van der Waals surface area contributed by atoms with E-state index in [1.807, 2.05) is 24.3 Å². The van der Waals surface area contributed by atoms with Gasteiger partial charge >= 0.3 is 0 Å². The molecule has 1 amide bonds. The van der Waals surface area contributed by atoms with Gasteiger partial charge in [-0.3, -0.25) is 9.59 Å². The van der Waals surface area contributed by atoms with Crippen molar-refractivity contribution in [1.82, 2.24) is 9.88 Å². The minimum absolute atomic E-state index is 0.0514. The number of likely N-dealkylation sites (N-methyl/N-ethyl adjacent to an activating group) is 1. The number of halogens is 2. The third-order valence-electron chi connectivity index (χ3n) is 5.42. The number of carbonyl (C=O) groups is 1. The zero-order valence-corrected chi connectivity index (χ0v) is 15.4. The van der Waals surface area contributed by atoms with Crippen molar-refractivity contribution in [3.05, 3.63) is 75.7 Å². The van der Waals surface area contributed by atoms with E-state index in [1.54, 1.807) is 18.9 Å². The fourth-order valence-corrected chi connectivity index (χ4v) is 3.71. The number of benzene rings is 2. The number of nitrogens with zero attached hydrogens (tertiary/aromatic N) is 1. The van der Waals surface area contributed by atoms with Crippen LogP contribution < -0.4 is 10.9 Å². The van der Waals surface area contributed by atoms with Crippen molar-refractivity contribution >= 4 is 22.4 Å². The Morgan fingerprint density at radius 1 is 1.18 bits per heavy atom. The van der Waals surface area contributed by atoms with Gasteiger partial charge in [-0.15, -0.1) is 0 Å². The molecule has 2 aromatic carbocycles. The van der Waals surface area contributed by atoms with Gasteiger partial charge in [0.15, 0.2) is 11.6 Å². The lowest BCUT2D eigenvalue weighted by molar-refractivity contribution is -0.132. The van der Waals surface area contributed by atoms with E-state index in [1.165, 1.54) is 6.20 Å². The summed E-state index contributed by atoms with van der Waals surface area (Å²) in [6.07, 6.45) is 2.03. The number of carbonyl (C=O) groups excluding carboxylic acids is 1. The predicted octanol–water partition coefficient (Wildman–Crippen LogP) is 3.36. The van der Waals surface area contributed by atoms with Crippen LogP contribution in [-0.4, -0.2) is 28.9 Å². The first kappa shape index (κ1) is 18.2. The normalized spacial score (nSPS) is 16.5. The minimum Gasteiger partial charge on any atom is -0.373 e. The predicted molar refractivity (Wildman–Crippen MR) is 103 cm³/mol. The average molecular weight is 383 g/mol. The molecule has 1 unspecified atom stereocenters. The van der Waals surface area contributed by atoms with Crippen LogP contribution in [0.25, 0.3) is 10.8 Å². The van der Waals surface area contributed by atoms with Crippen molar-refractivity contribution in [2.24, 2.45) is 0 Å². The van der Waals surface area contributed by atoms with Crippen molar-refractivity contribution in [1.29, 1.82) is 0 Å². The standard InChI is InChI=1S/C21H19F2N3O2/c1-11(15-10-24-20(27)14-9-17(23)16(22)8-13(14)15)26(2)21(28)19-7-12-5-3-4-6-18(12)25-19/h3-6,8-11,19,25H,7H2,1-2H3,(H,24,27)/t11?,19-/m1/s1. The molecule has 1 aliphatic rings. The summed E-state index contributed by atoms with van der Waals surface area (Å²) in [5.41, 5.74) is 2.05. The van der Waals surface area contributed by atoms with Gasteiger partial charge in [0.25, 0.3) is 5.56 Å². The summed E-state index contributed by atoms with van der Waals surface area (Å²) in [5.74, 6) is -2.24. The van der Waals surface area contributed by atoms with Crippen LogP contribution in [-0.2, 0) is 11.2 Å². The highest BCUT2D eigenvalue weighted by molar-refractivity contribution is 5.89. The molecule has 0 saturated carbocycles. The Balaban J connectivity index is 1.65. The number of aromatic amines is 1. The van der Waals surface area contributed by atoms with Gasteiger partial charge < -0.3 is 15.2 Å². The molecule has 0 spiro atoms. The Bertz CT molecular complexity index is 1120. The zero-order chi connectivity index (χ0) is 20.0. The highest BCUT2D eigenvalue weighted by Crippen LogP contribution is 2.30. The molecule has 2 N–H and O–H groups in total. The highest BCUT2D eigenvalue weighted by Gasteiger charge is 2.31. The van der Waals surface area contributed by atoms with Gasteiger partial charge in [0.05, 0.1) is 11.4 Å². The van der Waals surface area contributed by atoms with Crippen LogP contribution in [0.1, 0.15) is 24.1 Å². The van der Waals surface area contributed by atoms with Crippen LogP contribution in [0.5, 0.6) is 0 Å². The smallest absolute Gasteiger partial charge is 0.255 e. The summed E-state index contributed by atoms with van der Waals surface area (Å²) < 4.78 is 27.4. The number of amides is 1. The maximum Gasteiger partial charge on any atom is 0.255 e. The Hall–Kier alpha value is -3.22. The SMILES string of the molecule is CC(c1c[nH]c(=O)c2cc(F)c(F)cc12)N(C)C(=O)[C@H]1Cc2ccccc2N1. The van der Waals surface area contributed by atoms with E-state index in [-0.39, 0.29) is 16.7 Å². The fraction of sp³-hybridized carbons (Fsp3) is 0.238. The number of nitrogens with one attached hydrogen (secondary N) is 2. The van der Waals surface area contributed by atoms with Gasteiger partial charge in [-0.1, -0.05) is 18.2 Å². The topological polar surface area (TPSA) is 65.2 Å². The number of hydrogen-bond acceptors (Lipinski definition) is 3. The summed E-state index contributed by atoms with van der Waals surface area (Å²) in [4.78, 5) is 29.1. The molecule has 4 rings (SSSR count). The monoisotopic (exact) mass is 383 g/mol. The van der Waals surface area contributed by atoms with Gasteiger partial charge in [0.1, 0.15) is 6.04 Å². The minimum atomic E-state index is -1.08. The number of para-hydroxylation sites is 1. The summed E-state index contributed by atoms with van der Waals surface area (Å²) in [7, 11) is 1.66. The van der Waals surface area contributed by atoms with Gasteiger partial charge in [0.2, 0.25) is 5.91 Å². The summed E-state index contributed by atoms with van der Waals surface area (Å²) in [6, 6.07) is 8.79. The Kier molecular flexibility index (Phi) is 4.37. The van der Waals surface area contributed by atoms with E-state index in [2.05, 4.69) is 10.3 Å². The Morgan fingerprint density at radius 2 is 1.86 bits per heavy atom. The molecule has 1 aromatic heterocycles. The van der Waals surface area contributed by atoms with Gasteiger partial charge in [0, 0.05) is 25.4 Å². The highest BCUT2D eigenvalue weighted by atomic mass is 19.2. The molecule has 5 nitrogen and oxygen atoms in total. The van der Waals surface area contributed by atoms with E-state index < -0.39 is 29.3 Å². The van der Waals surface area contributed by atoms with Crippen LogP contribution in [0.2, 0.25) is 0 Å². The van der Waals surface area contributed by atoms with Gasteiger partial charge in [-0.2, -0.15) is 0 Å². The van der Waals surface area contributed by atoms with Crippen LogP contribution in [0, 0.1) is 11.6 Å².